The summed E-state index contributed by atoms with van der Waals surface area (Å²) in [5, 5.41) is 7.18. The van der Waals surface area contributed by atoms with E-state index in [9.17, 15) is 18.0 Å². The van der Waals surface area contributed by atoms with Crippen LogP contribution < -0.4 is 36.9 Å². The van der Waals surface area contributed by atoms with Gasteiger partial charge in [0.1, 0.15) is 17.2 Å². The van der Waals surface area contributed by atoms with E-state index >= 15 is 0 Å². The topological polar surface area (TPSA) is 166 Å². The molecule has 4 rings (SSSR count). The van der Waals surface area contributed by atoms with Crippen LogP contribution in [0.2, 0.25) is 0 Å². The minimum atomic E-state index is -4.21. The van der Waals surface area contributed by atoms with Gasteiger partial charge in [0.05, 0.1) is 25.4 Å². The second-order valence-electron chi connectivity index (χ2n) is 10.7. The van der Waals surface area contributed by atoms with Gasteiger partial charge in [-0.05, 0) is 50.6 Å². The summed E-state index contributed by atoms with van der Waals surface area (Å²) < 4.78 is 43.4. The Balaban J connectivity index is 0.000000660. The molecule has 1 fully saturated rings. The zero-order chi connectivity index (χ0) is 33.1. The Labute approximate surface area is 255 Å². The first kappa shape index (κ1) is 35.9. The van der Waals surface area contributed by atoms with E-state index < -0.39 is 6.30 Å². The number of nitrogens with one attached hydrogen (secondary N) is 3. The van der Waals surface area contributed by atoms with Crippen LogP contribution in [0.1, 0.15) is 66.5 Å². The van der Waals surface area contributed by atoms with Crippen LogP contribution in [0.4, 0.5) is 18.9 Å². The van der Waals surface area contributed by atoms with Crippen molar-refractivity contribution < 1.29 is 32.2 Å². The molecular formula is C30H42F3N7O4. The van der Waals surface area contributed by atoms with E-state index in [4.69, 9.17) is 25.0 Å². The molecule has 14 heteroatoms. The van der Waals surface area contributed by atoms with Crippen LogP contribution in [0.15, 0.2) is 29.4 Å². The van der Waals surface area contributed by atoms with Crippen molar-refractivity contribution in [2.45, 2.75) is 57.8 Å². The van der Waals surface area contributed by atoms with Crippen LogP contribution in [0.25, 0.3) is 5.57 Å². The molecule has 0 radical (unpaired) electrons. The number of alkyl halides is 3. The maximum Gasteiger partial charge on any atom is 0.457 e. The highest BCUT2D eigenvalue weighted by atomic mass is 19.4. The van der Waals surface area contributed by atoms with Gasteiger partial charge in [-0.25, -0.2) is 10.3 Å². The molecule has 0 saturated heterocycles. The number of ether oxygens (including phenoxy) is 2. The number of nitrogens with two attached hydrogens (primary N) is 2. The number of halogens is 3. The van der Waals surface area contributed by atoms with E-state index in [0.717, 1.165) is 53.5 Å². The summed E-state index contributed by atoms with van der Waals surface area (Å²) >= 11 is 0. The predicted molar refractivity (Wildman–Crippen MR) is 165 cm³/mol. The number of aromatic nitrogens is 1. The molecule has 7 N–H and O–H groups in total. The van der Waals surface area contributed by atoms with Gasteiger partial charge in [0, 0.05) is 60.2 Å². The summed E-state index contributed by atoms with van der Waals surface area (Å²) in [6, 6.07) is 5.89. The molecular weight excluding hydrogens is 579 g/mol. The molecule has 0 unspecified atom stereocenters. The summed E-state index contributed by atoms with van der Waals surface area (Å²) in [6.07, 6.45) is 2.49. The third-order valence-corrected chi connectivity index (χ3v) is 6.64. The number of amides is 2. The molecule has 2 heterocycles. The predicted octanol–water partition coefficient (Wildman–Crippen LogP) is 3.30. The highest BCUT2D eigenvalue weighted by Gasteiger charge is 2.35. The molecule has 1 aromatic heterocycles. The molecule has 242 valence electrons. The van der Waals surface area contributed by atoms with Crippen molar-refractivity contribution in [2.75, 3.05) is 40.1 Å². The number of pyridine rings is 1. The van der Waals surface area contributed by atoms with Crippen LogP contribution in [0.3, 0.4) is 0 Å². The van der Waals surface area contributed by atoms with Gasteiger partial charge >= 0.3 is 6.30 Å². The van der Waals surface area contributed by atoms with Crippen LogP contribution in [0.5, 0.6) is 11.5 Å². The van der Waals surface area contributed by atoms with Crippen molar-refractivity contribution in [3.63, 3.8) is 0 Å². The van der Waals surface area contributed by atoms with E-state index in [2.05, 4.69) is 41.3 Å². The van der Waals surface area contributed by atoms with Gasteiger partial charge in [0.25, 0.3) is 5.91 Å². The lowest BCUT2D eigenvalue weighted by Gasteiger charge is -2.17. The molecule has 44 heavy (non-hydrogen) atoms. The van der Waals surface area contributed by atoms with E-state index in [1.165, 1.54) is 0 Å². The smallest absolute Gasteiger partial charge is 0.457 e. The number of carbonyl (C=O) groups excluding carboxylic acids is 2. The van der Waals surface area contributed by atoms with E-state index in [1.807, 2.05) is 20.2 Å². The molecule has 1 aliphatic carbocycles. The number of methoxy groups -OCH3 is 1. The molecule has 2 aromatic rings. The van der Waals surface area contributed by atoms with Gasteiger partial charge in [0.2, 0.25) is 6.41 Å². The Hall–Kier alpha value is -4.33. The summed E-state index contributed by atoms with van der Waals surface area (Å²) in [5.74, 6) is 1.12. The number of rotatable bonds is 9. The first-order valence-electron chi connectivity index (χ1n) is 13.9. The molecule has 0 atom stereocenters. The Bertz CT molecular complexity index is 1360. The number of carbonyl (C=O) groups is 2. The number of nitrogens with zero attached hydrogens (tertiary/aromatic N) is 2. The SMILES string of the molecule is CN/C=C(\C)c1nc(CCNC(=O)c2cc(C=NC3CC3)c(N)c(OC)c2)cc2c1OCC2(C)C.CNC(F)(F)F.NC=O. The van der Waals surface area contributed by atoms with Gasteiger partial charge in [-0.2, -0.15) is 13.2 Å². The minimum Gasteiger partial charge on any atom is -0.495 e. The fourth-order valence-electron chi connectivity index (χ4n) is 4.12. The van der Waals surface area contributed by atoms with Crippen molar-refractivity contribution in [3.8, 4) is 11.5 Å². The van der Waals surface area contributed by atoms with E-state index in [0.29, 0.717) is 48.2 Å². The molecule has 1 saturated carbocycles. The van der Waals surface area contributed by atoms with Crippen LogP contribution >= 0.6 is 0 Å². The number of fused-ring (bicyclic) bond motifs is 1. The van der Waals surface area contributed by atoms with Gasteiger partial charge in [-0.3, -0.25) is 14.6 Å². The number of aliphatic imine (C=N–C) groups is 1. The zero-order valence-corrected chi connectivity index (χ0v) is 25.9. The Morgan fingerprint density at radius 1 is 1.25 bits per heavy atom. The number of benzene rings is 1. The highest BCUT2D eigenvalue weighted by Crippen LogP contribution is 2.42. The van der Waals surface area contributed by atoms with Crippen molar-refractivity contribution in [2.24, 2.45) is 10.7 Å². The third kappa shape index (κ3) is 10.4. The van der Waals surface area contributed by atoms with Gasteiger partial charge in [0.15, 0.2) is 0 Å². The maximum atomic E-state index is 13.0. The average molecular weight is 622 g/mol. The van der Waals surface area contributed by atoms with Gasteiger partial charge in [-0.15, -0.1) is 0 Å². The first-order chi connectivity index (χ1) is 20.7. The van der Waals surface area contributed by atoms with Gasteiger partial charge < -0.3 is 31.6 Å². The highest BCUT2D eigenvalue weighted by molar-refractivity contribution is 5.99. The number of allylic oxidation sites excluding steroid dienone is 1. The Kier molecular flexibility index (Phi) is 13.0. The molecule has 1 aromatic carbocycles. The number of nitrogen functional groups attached to an aromatic ring is 1. The number of hydrogen-bond donors (Lipinski definition) is 5. The lowest BCUT2D eigenvalue weighted by atomic mass is 9.86. The average Bonchev–Trinajstić information content (AvgIpc) is 3.75. The fraction of sp³-hybridized carbons (Fsp3) is 0.467. The van der Waals surface area contributed by atoms with Crippen molar-refractivity contribution in [3.05, 3.63) is 52.5 Å². The van der Waals surface area contributed by atoms with Crippen molar-refractivity contribution in [1.82, 2.24) is 20.9 Å². The van der Waals surface area contributed by atoms with E-state index in [1.54, 1.807) is 25.5 Å². The van der Waals surface area contributed by atoms with Crippen molar-refractivity contribution >= 4 is 29.8 Å². The van der Waals surface area contributed by atoms with Crippen LogP contribution in [-0.4, -0.2) is 70.2 Å². The van der Waals surface area contributed by atoms with Crippen LogP contribution in [0, 0.1) is 0 Å². The minimum absolute atomic E-state index is 0.0934. The normalized spacial score (nSPS) is 15.2. The number of hydrogen-bond acceptors (Lipinski definition) is 9. The molecule has 11 nitrogen and oxygen atoms in total. The summed E-state index contributed by atoms with van der Waals surface area (Å²) in [5.41, 5.74) is 15.8. The molecule has 1 aliphatic heterocycles. The molecule has 2 aliphatic rings. The molecule has 0 bridgehead atoms. The molecule has 0 spiro atoms. The Morgan fingerprint density at radius 3 is 2.43 bits per heavy atom. The van der Waals surface area contributed by atoms with Crippen molar-refractivity contribution in [1.29, 1.82) is 0 Å². The second kappa shape index (κ2) is 15.9. The summed E-state index contributed by atoms with van der Waals surface area (Å²) in [6.45, 7) is 7.42. The first-order valence-corrected chi connectivity index (χ1v) is 13.9. The lowest BCUT2D eigenvalue weighted by Crippen LogP contribution is -2.26. The third-order valence-electron chi connectivity index (χ3n) is 6.64. The monoisotopic (exact) mass is 621 g/mol. The Morgan fingerprint density at radius 2 is 1.89 bits per heavy atom. The number of primary amides is 1. The molecule has 2 amide bonds. The van der Waals surface area contributed by atoms with E-state index in [-0.39, 0.29) is 17.7 Å². The number of anilines is 1. The standard InChI is InChI=1S/C27H35N5O3.C2H4F3N.CH3NO/c1-16(13-29-4)24-25-21(27(2,3)15-35-25)12-20(32-24)8-9-30-26(33)17-10-18(14-31-19-6-7-19)23(28)22(11-17)34-5;1-6-2(3,4)5;2-1-3/h10-14,19,29H,6-9,15,28H2,1-5H3,(H,30,33);6H,1H3;1H,(H2,2,3)/b16-13+,31-14?;;. The fourth-order valence-corrected chi connectivity index (χ4v) is 4.12. The largest absolute Gasteiger partial charge is 0.495 e. The quantitative estimate of drug-likeness (QED) is 0.123. The zero-order valence-electron chi connectivity index (χ0n) is 25.9. The van der Waals surface area contributed by atoms with Crippen LogP contribution in [-0.2, 0) is 16.6 Å². The summed E-state index contributed by atoms with van der Waals surface area (Å²) in [4.78, 5) is 30.9. The second-order valence-corrected chi connectivity index (χ2v) is 10.7. The lowest BCUT2D eigenvalue weighted by molar-refractivity contribution is -0.151. The van der Waals surface area contributed by atoms with Gasteiger partial charge in [-0.1, -0.05) is 13.8 Å². The summed E-state index contributed by atoms with van der Waals surface area (Å²) in [7, 11) is 4.24. The maximum absolute atomic E-state index is 13.0.